The fraction of sp³-hybridized carbons (Fsp3) is 0.500. The zero-order valence-corrected chi connectivity index (χ0v) is 15.7. The quantitative estimate of drug-likeness (QED) is 0.767. The molecule has 0 fully saturated rings. The van der Waals surface area contributed by atoms with Gasteiger partial charge in [0.2, 0.25) is 0 Å². The first-order valence-electron chi connectivity index (χ1n) is 8.17. The molecule has 1 amide bonds. The van der Waals surface area contributed by atoms with E-state index in [0.717, 1.165) is 9.56 Å². The summed E-state index contributed by atoms with van der Waals surface area (Å²) in [5.74, 6) is -0.561. The van der Waals surface area contributed by atoms with Crippen LogP contribution in [0.2, 0.25) is 5.02 Å². The van der Waals surface area contributed by atoms with Gasteiger partial charge in [-0.15, -0.1) is 11.3 Å². The number of alkyl halides is 3. The first-order chi connectivity index (χ1) is 12.2. The molecule has 26 heavy (non-hydrogen) atoms. The highest BCUT2D eigenvalue weighted by molar-refractivity contribution is 7.10. The molecule has 1 aliphatic rings. The molecule has 3 rings (SSSR count). The normalized spacial score (nSPS) is 21.0. The molecule has 0 saturated heterocycles. The van der Waals surface area contributed by atoms with Gasteiger partial charge in [-0.3, -0.25) is 4.79 Å². The number of fused-ring (bicyclic) bond motifs is 1. The molecule has 0 radical (unpaired) electrons. The van der Waals surface area contributed by atoms with E-state index in [-0.39, 0.29) is 29.0 Å². The van der Waals surface area contributed by atoms with Crippen molar-refractivity contribution >= 4 is 34.7 Å². The summed E-state index contributed by atoms with van der Waals surface area (Å²) in [5.41, 5.74) is -0.199. The van der Waals surface area contributed by atoms with Gasteiger partial charge < -0.3 is 10.6 Å². The third-order valence-corrected chi connectivity index (χ3v) is 5.73. The molecule has 142 valence electrons. The second-order valence-electron chi connectivity index (χ2n) is 6.24. The molecule has 0 unspecified atom stereocenters. The number of thiophene rings is 1. The van der Waals surface area contributed by atoms with Crippen LogP contribution in [0.15, 0.2) is 17.5 Å². The molecular formula is C16H18ClF3N4OS. The monoisotopic (exact) mass is 406 g/mol. The standard InChI is InChI=1S/C16H18ClF3N4OS/c1-3-8(2)21-15(25)13-12(17)14-22-9(10-5-4-6-26-10)7-11(16(18,19)20)24(14)23-13/h4-6,8-9,11,22H,3,7H2,1-2H3,(H,21,25)/t8-,9+,11+/m0/s1. The second kappa shape index (κ2) is 7.11. The van der Waals surface area contributed by atoms with Gasteiger partial charge in [0.1, 0.15) is 10.8 Å². The Morgan fingerprint density at radius 2 is 2.31 bits per heavy atom. The topological polar surface area (TPSA) is 59.0 Å². The van der Waals surface area contributed by atoms with Crippen molar-refractivity contribution in [3.8, 4) is 0 Å². The second-order valence-corrected chi connectivity index (χ2v) is 7.60. The van der Waals surface area contributed by atoms with E-state index in [9.17, 15) is 18.0 Å². The largest absolute Gasteiger partial charge is 0.410 e. The van der Waals surface area contributed by atoms with Gasteiger partial charge in [-0.2, -0.15) is 18.3 Å². The molecule has 3 heterocycles. The zero-order chi connectivity index (χ0) is 19.1. The Morgan fingerprint density at radius 3 is 2.88 bits per heavy atom. The maximum atomic E-state index is 13.6. The lowest BCUT2D eigenvalue weighted by Gasteiger charge is -2.32. The van der Waals surface area contributed by atoms with Gasteiger partial charge in [0.15, 0.2) is 11.7 Å². The molecule has 2 aromatic heterocycles. The van der Waals surface area contributed by atoms with Crippen LogP contribution in [0, 0.1) is 0 Å². The minimum absolute atomic E-state index is 0.0212. The molecule has 3 atom stereocenters. The summed E-state index contributed by atoms with van der Waals surface area (Å²) >= 11 is 7.60. The Labute approximate surface area is 157 Å². The number of anilines is 1. The van der Waals surface area contributed by atoms with Crippen molar-refractivity contribution in [2.75, 3.05) is 5.32 Å². The number of rotatable bonds is 4. The predicted molar refractivity (Wildman–Crippen MR) is 94.8 cm³/mol. The molecule has 0 saturated carbocycles. The molecule has 2 N–H and O–H groups in total. The van der Waals surface area contributed by atoms with Gasteiger partial charge in [-0.1, -0.05) is 24.6 Å². The first-order valence-corrected chi connectivity index (χ1v) is 9.43. The fourth-order valence-corrected chi connectivity index (χ4v) is 3.86. The van der Waals surface area contributed by atoms with E-state index in [1.807, 2.05) is 6.92 Å². The summed E-state index contributed by atoms with van der Waals surface area (Å²) in [6.45, 7) is 3.68. The minimum Gasteiger partial charge on any atom is -0.361 e. The van der Waals surface area contributed by atoms with Crippen LogP contribution in [-0.4, -0.2) is 27.9 Å². The Hall–Kier alpha value is -1.74. The number of halogens is 4. The smallest absolute Gasteiger partial charge is 0.361 e. The van der Waals surface area contributed by atoms with Crippen LogP contribution in [-0.2, 0) is 0 Å². The third-order valence-electron chi connectivity index (χ3n) is 4.39. The van der Waals surface area contributed by atoms with Crippen molar-refractivity contribution in [3.63, 3.8) is 0 Å². The van der Waals surface area contributed by atoms with Gasteiger partial charge >= 0.3 is 6.18 Å². The summed E-state index contributed by atoms with van der Waals surface area (Å²) in [6, 6.07) is 1.01. The van der Waals surface area contributed by atoms with E-state index in [1.54, 1.807) is 24.4 Å². The van der Waals surface area contributed by atoms with Crippen molar-refractivity contribution in [3.05, 3.63) is 33.1 Å². The van der Waals surface area contributed by atoms with Crippen LogP contribution in [0.5, 0.6) is 0 Å². The Bertz CT molecular complexity index is 790. The number of aromatic nitrogens is 2. The van der Waals surface area contributed by atoms with Gasteiger partial charge in [0.25, 0.3) is 5.91 Å². The third kappa shape index (κ3) is 3.55. The highest BCUT2D eigenvalue weighted by Crippen LogP contribution is 2.46. The summed E-state index contributed by atoms with van der Waals surface area (Å²) in [4.78, 5) is 13.1. The van der Waals surface area contributed by atoms with Crippen molar-refractivity contribution in [1.82, 2.24) is 15.1 Å². The van der Waals surface area contributed by atoms with Crippen molar-refractivity contribution in [2.24, 2.45) is 0 Å². The lowest BCUT2D eigenvalue weighted by atomic mass is 10.0. The van der Waals surface area contributed by atoms with Crippen LogP contribution in [0.4, 0.5) is 19.0 Å². The predicted octanol–water partition coefficient (Wildman–Crippen LogP) is 4.79. The molecule has 1 aliphatic heterocycles. The van der Waals surface area contributed by atoms with Gasteiger partial charge in [-0.05, 0) is 24.8 Å². The molecule has 0 aliphatic carbocycles. The number of nitrogens with zero attached hydrogens (tertiary/aromatic N) is 2. The maximum absolute atomic E-state index is 13.6. The van der Waals surface area contributed by atoms with Crippen LogP contribution in [0.1, 0.15) is 54.1 Å². The highest BCUT2D eigenvalue weighted by Gasteiger charge is 2.48. The number of carbonyl (C=O) groups excluding carboxylic acids is 1. The van der Waals surface area contributed by atoms with Crippen molar-refractivity contribution in [2.45, 2.75) is 51.0 Å². The lowest BCUT2D eigenvalue weighted by molar-refractivity contribution is -0.173. The van der Waals surface area contributed by atoms with E-state index in [2.05, 4.69) is 15.7 Å². The number of amides is 1. The summed E-state index contributed by atoms with van der Waals surface area (Å²) in [7, 11) is 0. The Balaban J connectivity index is 2.00. The lowest BCUT2D eigenvalue weighted by Crippen LogP contribution is -2.36. The number of nitrogens with one attached hydrogen (secondary N) is 2. The number of carbonyl (C=O) groups is 1. The van der Waals surface area contributed by atoms with Crippen LogP contribution in [0.3, 0.4) is 0 Å². The number of hydrogen-bond donors (Lipinski definition) is 2. The van der Waals surface area contributed by atoms with Gasteiger partial charge in [0.05, 0.1) is 6.04 Å². The average molecular weight is 407 g/mol. The molecule has 2 aromatic rings. The van der Waals surface area contributed by atoms with Crippen LogP contribution >= 0.6 is 22.9 Å². The van der Waals surface area contributed by atoms with E-state index >= 15 is 0 Å². The van der Waals surface area contributed by atoms with E-state index in [0.29, 0.717) is 6.42 Å². The van der Waals surface area contributed by atoms with Crippen LogP contribution < -0.4 is 10.6 Å². The molecular weight excluding hydrogens is 389 g/mol. The van der Waals surface area contributed by atoms with Gasteiger partial charge in [0, 0.05) is 17.3 Å². The molecule has 5 nitrogen and oxygen atoms in total. The average Bonchev–Trinajstić information content (AvgIpc) is 3.21. The Morgan fingerprint density at radius 1 is 1.58 bits per heavy atom. The van der Waals surface area contributed by atoms with Crippen molar-refractivity contribution < 1.29 is 18.0 Å². The van der Waals surface area contributed by atoms with E-state index in [4.69, 9.17) is 11.6 Å². The maximum Gasteiger partial charge on any atom is 0.410 e. The zero-order valence-electron chi connectivity index (χ0n) is 14.1. The highest BCUT2D eigenvalue weighted by atomic mass is 35.5. The first kappa shape index (κ1) is 19.0. The van der Waals surface area contributed by atoms with E-state index < -0.39 is 24.2 Å². The Kier molecular flexibility index (Phi) is 5.21. The molecule has 10 heteroatoms. The molecule has 0 bridgehead atoms. The summed E-state index contributed by atoms with van der Waals surface area (Å²) in [6.07, 6.45) is -4.05. The molecule has 0 spiro atoms. The van der Waals surface area contributed by atoms with E-state index in [1.165, 1.54) is 11.3 Å². The SMILES string of the molecule is CC[C@H](C)NC(=O)c1nn2c(c1Cl)N[C@@H](c1cccs1)C[C@@H]2C(F)(F)F. The summed E-state index contributed by atoms with van der Waals surface area (Å²) < 4.78 is 41.6. The summed E-state index contributed by atoms with van der Waals surface area (Å²) in [5, 5.41) is 11.3. The number of hydrogen-bond acceptors (Lipinski definition) is 4. The van der Waals surface area contributed by atoms with Crippen LogP contribution in [0.25, 0.3) is 0 Å². The van der Waals surface area contributed by atoms with Crippen molar-refractivity contribution in [1.29, 1.82) is 0 Å². The minimum atomic E-state index is -4.51. The fourth-order valence-electron chi connectivity index (χ4n) is 2.80. The molecule has 0 aromatic carbocycles. The van der Waals surface area contributed by atoms with Gasteiger partial charge in [-0.25, -0.2) is 4.68 Å².